The third-order valence-electron chi connectivity index (χ3n) is 5.78. The van der Waals surface area contributed by atoms with Crippen molar-refractivity contribution in [1.29, 1.82) is 0 Å². The second kappa shape index (κ2) is 9.85. The molecule has 164 valence electrons. The van der Waals surface area contributed by atoms with Gasteiger partial charge in [-0.3, -0.25) is 9.88 Å². The Kier molecular flexibility index (Phi) is 6.95. The summed E-state index contributed by atoms with van der Waals surface area (Å²) in [6.45, 7) is 4.99. The standard InChI is InChI=1S/C24H28FN3O2S/c1-18-22(9-16-30-21-6-3-2-5-20(21)25)31-23(27-18)24(29)10-4-14-28(15-11-24)17-19-7-12-26-13-8-19/h2-3,5-8,12-13,29H,4,9-11,14-17H2,1H3/t24-/m1/s1. The van der Waals surface area contributed by atoms with E-state index in [1.54, 1.807) is 29.5 Å². The molecule has 7 heteroatoms. The fourth-order valence-electron chi connectivity index (χ4n) is 3.97. The topological polar surface area (TPSA) is 58.5 Å². The molecule has 1 atom stereocenters. The predicted octanol–water partition coefficient (Wildman–Crippen LogP) is 4.48. The number of likely N-dealkylation sites (tertiary alicyclic amines) is 1. The van der Waals surface area contributed by atoms with Crippen molar-refractivity contribution >= 4 is 11.3 Å². The molecule has 1 N–H and O–H groups in total. The van der Waals surface area contributed by atoms with Gasteiger partial charge in [-0.2, -0.15) is 0 Å². The summed E-state index contributed by atoms with van der Waals surface area (Å²) < 4.78 is 19.3. The zero-order valence-electron chi connectivity index (χ0n) is 17.8. The monoisotopic (exact) mass is 441 g/mol. The molecule has 31 heavy (non-hydrogen) atoms. The first-order chi connectivity index (χ1) is 15.0. The summed E-state index contributed by atoms with van der Waals surface area (Å²) in [5, 5.41) is 12.2. The fraction of sp³-hybridized carbons (Fsp3) is 0.417. The second-order valence-corrected chi connectivity index (χ2v) is 9.16. The highest BCUT2D eigenvalue weighted by Crippen LogP contribution is 2.37. The number of pyridine rings is 1. The summed E-state index contributed by atoms with van der Waals surface area (Å²) >= 11 is 1.56. The van der Waals surface area contributed by atoms with Crippen LogP contribution in [0.1, 0.15) is 40.4 Å². The molecule has 0 saturated carbocycles. The van der Waals surface area contributed by atoms with Crippen molar-refractivity contribution in [3.05, 3.63) is 75.8 Å². The minimum atomic E-state index is -0.896. The van der Waals surface area contributed by atoms with Crippen LogP contribution < -0.4 is 4.74 Å². The number of aromatic nitrogens is 2. The van der Waals surface area contributed by atoms with E-state index in [2.05, 4.69) is 9.88 Å². The van der Waals surface area contributed by atoms with Crippen LogP contribution in [0.25, 0.3) is 0 Å². The molecule has 1 fully saturated rings. The van der Waals surface area contributed by atoms with Gasteiger partial charge in [-0.25, -0.2) is 9.37 Å². The van der Waals surface area contributed by atoms with Gasteiger partial charge in [-0.05, 0) is 62.6 Å². The first kappa shape index (κ1) is 21.9. The second-order valence-electron chi connectivity index (χ2n) is 8.07. The number of aryl methyl sites for hydroxylation is 1. The third-order valence-corrected chi connectivity index (χ3v) is 7.19. The Labute approximate surface area is 186 Å². The minimum absolute atomic E-state index is 0.265. The molecule has 3 heterocycles. The third kappa shape index (κ3) is 5.47. The van der Waals surface area contributed by atoms with E-state index < -0.39 is 5.60 Å². The van der Waals surface area contributed by atoms with Gasteiger partial charge < -0.3 is 9.84 Å². The number of rotatable bonds is 7. The first-order valence-electron chi connectivity index (χ1n) is 10.7. The number of ether oxygens (including phenoxy) is 1. The molecule has 0 unspecified atom stereocenters. The smallest absolute Gasteiger partial charge is 0.165 e. The van der Waals surface area contributed by atoms with Crippen LogP contribution in [0.2, 0.25) is 0 Å². The van der Waals surface area contributed by atoms with Gasteiger partial charge in [0, 0.05) is 36.8 Å². The van der Waals surface area contributed by atoms with E-state index in [0.29, 0.717) is 25.9 Å². The SMILES string of the molecule is Cc1nc([C@@]2(O)CCCN(Cc3ccncc3)CC2)sc1CCOc1ccccc1F. The Morgan fingerprint density at radius 3 is 2.77 bits per heavy atom. The number of halogens is 1. The molecule has 0 aliphatic carbocycles. The van der Waals surface area contributed by atoms with Crippen molar-refractivity contribution in [1.82, 2.24) is 14.9 Å². The van der Waals surface area contributed by atoms with Gasteiger partial charge in [-0.15, -0.1) is 11.3 Å². The summed E-state index contributed by atoms with van der Waals surface area (Å²) in [7, 11) is 0. The molecule has 1 aliphatic rings. The Morgan fingerprint density at radius 2 is 1.97 bits per heavy atom. The summed E-state index contributed by atoms with van der Waals surface area (Å²) in [5.74, 6) is -0.0881. The van der Waals surface area contributed by atoms with Gasteiger partial charge in [0.25, 0.3) is 0 Å². The molecule has 1 aliphatic heterocycles. The summed E-state index contributed by atoms with van der Waals surface area (Å²) in [6.07, 6.45) is 6.57. The zero-order valence-corrected chi connectivity index (χ0v) is 18.6. The van der Waals surface area contributed by atoms with Gasteiger partial charge in [-0.1, -0.05) is 12.1 Å². The Hall–Kier alpha value is -2.35. The maximum absolute atomic E-state index is 13.7. The van der Waals surface area contributed by atoms with Crippen LogP contribution in [-0.2, 0) is 18.6 Å². The lowest BCUT2D eigenvalue weighted by atomic mass is 9.96. The lowest BCUT2D eigenvalue weighted by Crippen LogP contribution is -2.29. The van der Waals surface area contributed by atoms with E-state index in [0.717, 1.165) is 41.6 Å². The zero-order chi connectivity index (χ0) is 21.7. The summed E-state index contributed by atoms with van der Waals surface area (Å²) in [6, 6.07) is 10.5. The van der Waals surface area contributed by atoms with E-state index in [-0.39, 0.29) is 11.6 Å². The van der Waals surface area contributed by atoms with E-state index in [9.17, 15) is 9.50 Å². The molecular formula is C24H28FN3O2S. The molecular weight excluding hydrogens is 413 g/mol. The minimum Gasteiger partial charge on any atom is -0.490 e. The fourth-order valence-corrected chi connectivity index (χ4v) is 5.16. The number of aliphatic hydroxyl groups is 1. The molecule has 0 spiro atoms. The van der Waals surface area contributed by atoms with E-state index >= 15 is 0 Å². The van der Waals surface area contributed by atoms with E-state index in [4.69, 9.17) is 9.72 Å². The normalized spacial score (nSPS) is 19.8. The Bertz CT molecular complexity index is 997. The molecule has 0 amide bonds. The summed E-state index contributed by atoms with van der Waals surface area (Å²) in [5.41, 5.74) is 1.26. The molecule has 1 saturated heterocycles. The van der Waals surface area contributed by atoms with Crippen LogP contribution in [-0.4, -0.2) is 39.7 Å². The largest absolute Gasteiger partial charge is 0.490 e. The number of hydrogen-bond acceptors (Lipinski definition) is 6. The lowest BCUT2D eigenvalue weighted by Gasteiger charge is -2.24. The van der Waals surface area contributed by atoms with Gasteiger partial charge in [0.2, 0.25) is 0 Å². The van der Waals surface area contributed by atoms with Gasteiger partial charge in [0.1, 0.15) is 10.6 Å². The highest BCUT2D eigenvalue weighted by atomic mass is 32.1. The van der Waals surface area contributed by atoms with Crippen LogP contribution in [0.5, 0.6) is 5.75 Å². The van der Waals surface area contributed by atoms with Crippen LogP contribution in [0.3, 0.4) is 0 Å². The number of hydrogen-bond donors (Lipinski definition) is 1. The van der Waals surface area contributed by atoms with Crippen LogP contribution >= 0.6 is 11.3 Å². The number of benzene rings is 1. The van der Waals surface area contributed by atoms with E-state index in [1.807, 2.05) is 31.5 Å². The van der Waals surface area contributed by atoms with Crippen LogP contribution in [0.4, 0.5) is 4.39 Å². The molecule has 4 rings (SSSR count). The van der Waals surface area contributed by atoms with Crippen molar-refractivity contribution in [2.24, 2.45) is 0 Å². The number of thiazole rings is 1. The summed E-state index contributed by atoms with van der Waals surface area (Å²) in [4.78, 5) is 12.3. The number of para-hydroxylation sites is 1. The van der Waals surface area contributed by atoms with Gasteiger partial charge in [0.05, 0.1) is 12.3 Å². The average molecular weight is 442 g/mol. The van der Waals surface area contributed by atoms with Crippen molar-refractivity contribution in [3.63, 3.8) is 0 Å². The van der Waals surface area contributed by atoms with Gasteiger partial charge >= 0.3 is 0 Å². The molecule has 0 radical (unpaired) electrons. The van der Waals surface area contributed by atoms with Crippen LogP contribution in [0, 0.1) is 12.7 Å². The molecule has 0 bridgehead atoms. The van der Waals surface area contributed by atoms with Crippen molar-refractivity contribution < 1.29 is 14.2 Å². The lowest BCUT2D eigenvalue weighted by molar-refractivity contribution is 0.0207. The Balaban J connectivity index is 1.37. The molecule has 5 nitrogen and oxygen atoms in total. The molecule has 2 aromatic heterocycles. The predicted molar refractivity (Wildman–Crippen MR) is 120 cm³/mol. The van der Waals surface area contributed by atoms with Crippen molar-refractivity contribution in [3.8, 4) is 5.75 Å². The van der Waals surface area contributed by atoms with E-state index in [1.165, 1.54) is 11.6 Å². The van der Waals surface area contributed by atoms with Crippen LogP contribution in [0.15, 0.2) is 48.8 Å². The van der Waals surface area contributed by atoms with Crippen molar-refractivity contribution in [2.75, 3.05) is 19.7 Å². The molecule has 1 aromatic carbocycles. The maximum atomic E-state index is 13.7. The first-order valence-corrected chi connectivity index (χ1v) is 11.5. The Morgan fingerprint density at radius 1 is 1.16 bits per heavy atom. The average Bonchev–Trinajstić information content (AvgIpc) is 3.04. The van der Waals surface area contributed by atoms with Gasteiger partial charge in [0.15, 0.2) is 11.6 Å². The number of nitrogens with zero attached hydrogens (tertiary/aromatic N) is 3. The highest BCUT2D eigenvalue weighted by Gasteiger charge is 2.35. The maximum Gasteiger partial charge on any atom is 0.165 e. The highest BCUT2D eigenvalue weighted by molar-refractivity contribution is 7.11. The van der Waals surface area contributed by atoms with Crippen molar-refractivity contribution in [2.45, 2.75) is 44.8 Å². The molecule has 3 aromatic rings. The quantitative estimate of drug-likeness (QED) is 0.586.